The highest BCUT2D eigenvalue weighted by Crippen LogP contribution is 2.23. The Labute approximate surface area is 135 Å². The number of anilines is 3. The Morgan fingerprint density at radius 3 is 2.96 bits per heavy atom. The number of hydrogen-bond donors (Lipinski definition) is 2. The molecule has 0 radical (unpaired) electrons. The van der Waals surface area contributed by atoms with Crippen LogP contribution in [-0.4, -0.2) is 29.1 Å². The fourth-order valence-electron chi connectivity index (χ4n) is 2.65. The van der Waals surface area contributed by atoms with Gasteiger partial charge in [0.1, 0.15) is 11.6 Å². The van der Waals surface area contributed by atoms with Gasteiger partial charge in [-0.1, -0.05) is 13.0 Å². The van der Waals surface area contributed by atoms with Crippen LogP contribution in [0.2, 0.25) is 0 Å². The van der Waals surface area contributed by atoms with Gasteiger partial charge in [-0.15, -0.1) is 0 Å². The van der Waals surface area contributed by atoms with Crippen molar-refractivity contribution in [2.75, 3.05) is 23.3 Å². The molecule has 2 amide bonds. The smallest absolute Gasteiger partial charge is 0.321 e. The fourth-order valence-corrected chi connectivity index (χ4v) is 2.65. The second-order valence-electron chi connectivity index (χ2n) is 5.56. The van der Waals surface area contributed by atoms with Gasteiger partial charge in [-0.05, 0) is 38.0 Å². The van der Waals surface area contributed by atoms with Crippen LogP contribution in [-0.2, 0) is 6.42 Å². The number of amides is 2. The van der Waals surface area contributed by atoms with Crippen LogP contribution < -0.4 is 15.5 Å². The number of hydrogen-bond acceptors (Lipinski definition) is 4. The molecule has 120 valence electrons. The number of urea groups is 1. The number of carbonyl (C=O) groups is 1. The van der Waals surface area contributed by atoms with E-state index in [-0.39, 0.29) is 6.03 Å². The number of rotatable bonds is 4. The van der Waals surface area contributed by atoms with Crippen molar-refractivity contribution in [3.63, 3.8) is 0 Å². The fraction of sp³-hybridized carbons (Fsp3) is 0.353. The largest absolute Gasteiger partial charge is 0.340 e. The highest BCUT2D eigenvalue weighted by Gasteiger charge is 2.19. The molecule has 0 spiro atoms. The van der Waals surface area contributed by atoms with Crippen molar-refractivity contribution < 1.29 is 4.79 Å². The molecular formula is C17H21N5O. The second kappa shape index (κ2) is 6.64. The van der Waals surface area contributed by atoms with Crippen molar-refractivity contribution in [3.05, 3.63) is 41.9 Å². The Balaban J connectivity index is 1.82. The lowest BCUT2D eigenvalue weighted by Crippen LogP contribution is -2.46. The van der Waals surface area contributed by atoms with Gasteiger partial charge >= 0.3 is 6.03 Å². The second-order valence-corrected chi connectivity index (χ2v) is 5.56. The number of benzene rings is 1. The van der Waals surface area contributed by atoms with Gasteiger partial charge in [-0.3, -0.25) is 4.90 Å². The highest BCUT2D eigenvalue weighted by atomic mass is 16.2. The Morgan fingerprint density at radius 2 is 2.17 bits per heavy atom. The molecule has 0 unspecified atom stereocenters. The van der Waals surface area contributed by atoms with Gasteiger partial charge in [0, 0.05) is 36.2 Å². The first-order valence-corrected chi connectivity index (χ1v) is 7.92. The molecule has 0 bridgehead atoms. The van der Waals surface area contributed by atoms with E-state index in [1.165, 1.54) is 0 Å². The van der Waals surface area contributed by atoms with E-state index < -0.39 is 0 Å². The molecule has 1 aromatic heterocycles. The topological polar surface area (TPSA) is 70.2 Å². The molecule has 6 heteroatoms. The summed E-state index contributed by atoms with van der Waals surface area (Å²) < 4.78 is 0. The predicted molar refractivity (Wildman–Crippen MR) is 91.2 cm³/mol. The standard InChI is InChI=1S/C17H21N5O/c1-3-13-11-16(20-12(2)19-13)21-14-6-4-7-15(10-14)22-9-5-8-18-17(22)23/h4,6-7,10-11H,3,5,8-9H2,1-2H3,(H,18,23)(H,19,20,21). The molecule has 23 heavy (non-hydrogen) atoms. The number of nitrogens with zero attached hydrogens (tertiary/aromatic N) is 3. The average molecular weight is 311 g/mol. The number of aromatic nitrogens is 2. The molecule has 1 aliphatic rings. The molecular weight excluding hydrogens is 290 g/mol. The van der Waals surface area contributed by atoms with Gasteiger partial charge in [-0.25, -0.2) is 14.8 Å². The Kier molecular flexibility index (Phi) is 4.41. The summed E-state index contributed by atoms with van der Waals surface area (Å²) in [5.41, 5.74) is 2.79. The van der Waals surface area contributed by atoms with Crippen LogP contribution in [0, 0.1) is 6.92 Å². The van der Waals surface area contributed by atoms with E-state index in [0.29, 0.717) is 0 Å². The summed E-state index contributed by atoms with van der Waals surface area (Å²) in [6.07, 6.45) is 1.82. The van der Waals surface area contributed by atoms with Crippen molar-refractivity contribution in [1.82, 2.24) is 15.3 Å². The third kappa shape index (κ3) is 3.59. The third-order valence-corrected chi connectivity index (χ3v) is 3.76. The maximum absolute atomic E-state index is 12.0. The van der Waals surface area contributed by atoms with Gasteiger partial charge in [0.05, 0.1) is 0 Å². The Morgan fingerprint density at radius 1 is 1.30 bits per heavy atom. The molecule has 1 saturated heterocycles. The van der Waals surface area contributed by atoms with Crippen LogP contribution in [0.5, 0.6) is 0 Å². The van der Waals surface area contributed by atoms with Crippen molar-refractivity contribution in [1.29, 1.82) is 0 Å². The Hall–Kier alpha value is -2.63. The minimum absolute atomic E-state index is 0.0421. The zero-order valence-corrected chi connectivity index (χ0v) is 13.5. The van der Waals surface area contributed by atoms with E-state index in [2.05, 4.69) is 27.5 Å². The summed E-state index contributed by atoms with van der Waals surface area (Å²) >= 11 is 0. The van der Waals surface area contributed by atoms with Crippen LogP contribution in [0.25, 0.3) is 0 Å². The van der Waals surface area contributed by atoms with Gasteiger partial charge in [0.25, 0.3) is 0 Å². The lowest BCUT2D eigenvalue weighted by Gasteiger charge is -2.27. The van der Waals surface area contributed by atoms with Crippen molar-refractivity contribution in [2.24, 2.45) is 0 Å². The zero-order valence-electron chi connectivity index (χ0n) is 13.5. The quantitative estimate of drug-likeness (QED) is 0.910. The summed E-state index contributed by atoms with van der Waals surface area (Å²) in [7, 11) is 0. The normalized spacial score (nSPS) is 14.5. The van der Waals surface area contributed by atoms with Gasteiger partial charge in [0.2, 0.25) is 0 Å². The molecule has 6 nitrogen and oxygen atoms in total. The van der Waals surface area contributed by atoms with Crippen LogP contribution in [0.3, 0.4) is 0 Å². The first-order valence-electron chi connectivity index (χ1n) is 7.92. The lowest BCUT2D eigenvalue weighted by atomic mass is 10.2. The maximum Gasteiger partial charge on any atom is 0.321 e. The molecule has 0 aliphatic carbocycles. The summed E-state index contributed by atoms with van der Waals surface area (Å²) in [4.78, 5) is 22.5. The Bertz CT molecular complexity index is 716. The summed E-state index contributed by atoms with van der Waals surface area (Å²) in [6.45, 7) is 5.44. The van der Waals surface area contributed by atoms with Crippen LogP contribution in [0.15, 0.2) is 30.3 Å². The van der Waals surface area contributed by atoms with Crippen molar-refractivity contribution in [2.45, 2.75) is 26.7 Å². The maximum atomic E-state index is 12.0. The van der Waals surface area contributed by atoms with E-state index in [1.54, 1.807) is 4.90 Å². The van der Waals surface area contributed by atoms with Crippen molar-refractivity contribution >= 4 is 23.2 Å². The van der Waals surface area contributed by atoms with E-state index in [9.17, 15) is 4.79 Å². The summed E-state index contributed by atoms with van der Waals surface area (Å²) in [5.74, 6) is 1.52. The molecule has 2 N–H and O–H groups in total. The van der Waals surface area contributed by atoms with Crippen LogP contribution >= 0.6 is 0 Å². The molecule has 1 aromatic carbocycles. The molecule has 2 heterocycles. The molecule has 0 atom stereocenters. The van der Waals surface area contributed by atoms with E-state index in [0.717, 1.165) is 54.6 Å². The van der Waals surface area contributed by atoms with E-state index in [4.69, 9.17) is 0 Å². The molecule has 3 rings (SSSR count). The van der Waals surface area contributed by atoms with Gasteiger partial charge < -0.3 is 10.6 Å². The number of nitrogens with one attached hydrogen (secondary N) is 2. The average Bonchev–Trinajstić information content (AvgIpc) is 2.55. The van der Waals surface area contributed by atoms with Gasteiger partial charge in [0.15, 0.2) is 0 Å². The monoisotopic (exact) mass is 311 g/mol. The zero-order chi connectivity index (χ0) is 16.2. The lowest BCUT2D eigenvalue weighted by molar-refractivity contribution is 0.243. The summed E-state index contributed by atoms with van der Waals surface area (Å²) in [6, 6.07) is 9.72. The molecule has 2 aromatic rings. The third-order valence-electron chi connectivity index (χ3n) is 3.76. The van der Waals surface area contributed by atoms with Gasteiger partial charge in [-0.2, -0.15) is 0 Å². The van der Waals surface area contributed by atoms with E-state index >= 15 is 0 Å². The van der Waals surface area contributed by atoms with E-state index in [1.807, 2.05) is 37.3 Å². The minimum atomic E-state index is -0.0421. The number of carbonyl (C=O) groups excluding carboxylic acids is 1. The first-order chi connectivity index (χ1) is 11.2. The highest BCUT2D eigenvalue weighted by molar-refractivity contribution is 5.93. The SMILES string of the molecule is CCc1cc(Nc2cccc(N3CCCNC3=O)c2)nc(C)n1. The van der Waals surface area contributed by atoms with Crippen molar-refractivity contribution in [3.8, 4) is 0 Å². The first kappa shape index (κ1) is 15.3. The summed E-state index contributed by atoms with van der Waals surface area (Å²) in [5, 5.41) is 6.17. The number of aryl methyl sites for hydroxylation is 2. The van der Waals surface area contributed by atoms with Crippen LogP contribution in [0.1, 0.15) is 24.9 Å². The molecule has 1 fully saturated rings. The molecule has 0 saturated carbocycles. The molecule has 1 aliphatic heterocycles. The van der Waals surface area contributed by atoms with Crippen LogP contribution in [0.4, 0.5) is 22.0 Å². The predicted octanol–water partition coefficient (Wildman–Crippen LogP) is 3.01. The minimum Gasteiger partial charge on any atom is -0.340 e.